The maximum atomic E-state index is 12.8. The molecule has 1 aromatic heterocycles. The van der Waals surface area contributed by atoms with Crippen LogP contribution in [0, 0.1) is 0 Å². The number of pyridine rings is 1. The van der Waals surface area contributed by atoms with Crippen LogP contribution in [0.25, 0.3) is 0 Å². The minimum absolute atomic E-state index is 0. The highest BCUT2D eigenvalue weighted by atomic mass is 127. The van der Waals surface area contributed by atoms with Gasteiger partial charge in [0.05, 0.1) is 20.8 Å². The van der Waals surface area contributed by atoms with Crippen LogP contribution in [-0.4, -0.2) is 37.7 Å². The molecule has 0 unspecified atom stereocenters. The number of unbranched alkanes of at least 4 members (excludes halogenated alkanes) is 11. The molecule has 0 aliphatic heterocycles. The minimum atomic E-state index is -0.716. The lowest BCUT2D eigenvalue weighted by molar-refractivity contribution is -0.679. The minimum Gasteiger partial charge on any atom is -1.00 e. The second kappa shape index (κ2) is 22.0. The molecule has 0 fully saturated rings. The SMILES string of the molecule is CCCCCCCCCCCCCCOc1c(OC)cc(COC(=O)N(Cc2cccc[n+]2C)C(C)=O)cc1OC.[I-]. The molecule has 0 bridgehead atoms. The molecule has 0 saturated carbocycles. The average molecular weight is 699 g/mol. The van der Waals surface area contributed by atoms with Crippen LogP contribution in [0.15, 0.2) is 36.5 Å². The molecule has 9 heteroatoms. The predicted octanol–water partition coefficient (Wildman–Crippen LogP) is 4.30. The molecule has 0 atom stereocenters. The predicted molar refractivity (Wildman–Crippen MR) is 160 cm³/mol. The standard InChI is InChI=1S/C33H51N2O6.HI/c1-6-7-8-9-10-11-12-13-14-15-16-19-22-40-32-30(38-4)23-28(24-31(32)39-5)26-41-33(37)35(27(2)36)25-29-20-17-18-21-34(29)3;/h17-18,20-21,23-24H,6-16,19,22,25-26H2,1-5H3;1H/q+1;/p-1. The molecular formula is C33H51IN2O6. The number of imide groups is 1. The number of carbonyl (C=O) groups excluding carboxylic acids is 2. The Morgan fingerprint density at radius 2 is 1.38 bits per heavy atom. The summed E-state index contributed by atoms with van der Waals surface area (Å²) in [5.41, 5.74) is 1.47. The Hall–Kier alpha value is -2.56. The van der Waals surface area contributed by atoms with Gasteiger partial charge in [-0.2, -0.15) is 0 Å². The van der Waals surface area contributed by atoms with Crippen LogP contribution in [0.1, 0.15) is 102 Å². The summed E-state index contributed by atoms with van der Waals surface area (Å²) < 4.78 is 24.5. The van der Waals surface area contributed by atoms with Crippen LogP contribution >= 0.6 is 0 Å². The summed E-state index contributed by atoms with van der Waals surface area (Å²) in [5, 5.41) is 0. The van der Waals surface area contributed by atoms with E-state index in [1.54, 1.807) is 26.4 Å². The molecule has 0 saturated heterocycles. The van der Waals surface area contributed by atoms with Crippen molar-refractivity contribution in [2.75, 3.05) is 20.8 Å². The van der Waals surface area contributed by atoms with Crippen molar-refractivity contribution in [2.24, 2.45) is 7.05 Å². The topological polar surface area (TPSA) is 78.2 Å². The van der Waals surface area contributed by atoms with Gasteiger partial charge in [-0.25, -0.2) is 14.3 Å². The van der Waals surface area contributed by atoms with Crippen molar-refractivity contribution in [1.29, 1.82) is 0 Å². The van der Waals surface area contributed by atoms with Crippen LogP contribution in [0.2, 0.25) is 0 Å². The zero-order valence-corrected chi connectivity index (χ0v) is 28.5. The second-order valence-corrected chi connectivity index (χ2v) is 10.5. The maximum Gasteiger partial charge on any atom is 0.417 e. The van der Waals surface area contributed by atoms with E-state index < -0.39 is 12.0 Å². The van der Waals surface area contributed by atoms with Gasteiger partial charge in [0.1, 0.15) is 20.2 Å². The zero-order chi connectivity index (χ0) is 29.9. The fourth-order valence-electron chi connectivity index (χ4n) is 4.69. The Morgan fingerprint density at radius 1 is 0.833 bits per heavy atom. The summed E-state index contributed by atoms with van der Waals surface area (Å²) in [6.07, 6.45) is 16.6. The molecule has 236 valence electrons. The van der Waals surface area contributed by atoms with Gasteiger partial charge in [-0.15, -0.1) is 0 Å². The zero-order valence-electron chi connectivity index (χ0n) is 26.3. The number of rotatable bonds is 20. The summed E-state index contributed by atoms with van der Waals surface area (Å²) in [6.45, 7) is 4.25. The van der Waals surface area contributed by atoms with E-state index in [2.05, 4.69) is 6.92 Å². The van der Waals surface area contributed by atoms with Crippen molar-refractivity contribution in [3.8, 4) is 17.2 Å². The summed E-state index contributed by atoms with van der Waals surface area (Å²) in [4.78, 5) is 26.0. The van der Waals surface area contributed by atoms with E-state index in [0.717, 1.165) is 23.4 Å². The van der Waals surface area contributed by atoms with Crippen molar-refractivity contribution in [2.45, 2.75) is 104 Å². The van der Waals surface area contributed by atoms with Crippen molar-refractivity contribution in [1.82, 2.24) is 4.90 Å². The number of aryl methyl sites for hydroxylation is 1. The summed E-state index contributed by atoms with van der Waals surface area (Å²) >= 11 is 0. The first-order valence-corrected chi connectivity index (χ1v) is 15.2. The molecular weight excluding hydrogens is 647 g/mol. The number of amides is 2. The van der Waals surface area contributed by atoms with Crippen molar-refractivity contribution >= 4 is 12.0 Å². The van der Waals surface area contributed by atoms with Gasteiger partial charge in [-0.3, -0.25) is 4.79 Å². The molecule has 2 rings (SSSR count). The smallest absolute Gasteiger partial charge is 0.417 e. The summed E-state index contributed by atoms with van der Waals surface area (Å²) in [5.74, 6) is 1.16. The van der Waals surface area contributed by atoms with Gasteiger partial charge in [-0.05, 0) is 24.1 Å². The molecule has 42 heavy (non-hydrogen) atoms. The van der Waals surface area contributed by atoms with E-state index in [0.29, 0.717) is 29.4 Å². The van der Waals surface area contributed by atoms with Crippen LogP contribution < -0.4 is 42.8 Å². The largest absolute Gasteiger partial charge is 1.00 e. The van der Waals surface area contributed by atoms with Gasteiger partial charge in [-0.1, -0.05) is 83.6 Å². The van der Waals surface area contributed by atoms with Gasteiger partial charge in [0.2, 0.25) is 17.4 Å². The van der Waals surface area contributed by atoms with Crippen molar-refractivity contribution in [3.05, 3.63) is 47.8 Å². The van der Waals surface area contributed by atoms with Gasteiger partial charge in [0.25, 0.3) is 0 Å². The van der Waals surface area contributed by atoms with Gasteiger partial charge in [0, 0.05) is 19.1 Å². The number of nitrogens with zero attached hydrogens (tertiary/aromatic N) is 2. The molecule has 8 nitrogen and oxygen atoms in total. The Labute approximate surface area is 270 Å². The van der Waals surface area contributed by atoms with Gasteiger partial charge < -0.3 is 42.9 Å². The number of benzene rings is 1. The quantitative estimate of drug-likeness (QED) is 0.117. The van der Waals surface area contributed by atoms with E-state index in [4.69, 9.17) is 18.9 Å². The highest BCUT2D eigenvalue weighted by molar-refractivity contribution is 5.90. The average Bonchev–Trinajstić information content (AvgIpc) is 2.97. The normalized spacial score (nSPS) is 10.5. The fourth-order valence-corrected chi connectivity index (χ4v) is 4.69. The summed E-state index contributed by atoms with van der Waals surface area (Å²) in [7, 11) is 5.00. The van der Waals surface area contributed by atoms with Gasteiger partial charge >= 0.3 is 6.09 Å². The molecule has 0 aliphatic carbocycles. The molecule has 2 amide bonds. The summed E-state index contributed by atoms with van der Waals surface area (Å²) in [6, 6.07) is 9.13. The van der Waals surface area contributed by atoms with E-state index in [-0.39, 0.29) is 37.1 Å². The number of ether oxygens (including phenoxy) is 4. The van der Waals surface area contributed by atoms with Crippen LogP contribution in [-0.2, 0) is 29.7 Å². The molecule has 0 radical (unpaired) electrons. The van der Waals surface area contributed by atoms with E-state index in [1.807, 2.05) is 36.0 Å². The molecule has 2 aromatic rings. The first kappa shape index (κ1) is 37.5. The number of hydrogen-bond acceptors (Lipinski definition) is 6. The van der Waals surface area contributed by atoms with E-state index in [1.165, 1.54) is 71.1 Å². The van der Waals surface area contributed by atoms with Crippen LogP contribution in [0.3, 0.4) is 0 Å². The number of aromatic nitrogens is 1. The lowest BCUT2D eigenvalue weighted by atomic mass is 10.1. The maximum absolute atomic E-state index is 12.8. The van der Waals surface area contributed by atoms with Crippen LogP contribution in [0.4, 0.5) is 4.79 Å². The highest BCUT2D eigenvalue weighted by Crippen LogP contribution is 2.39. The molecule has 0 spiro atoms. The highest BCUT2D eigenvalue weighted by Gasteiger charge is 2.24. The van der Waals surface area contributed by atoms with Gasteiger partial charge in [0.15, 0.2) is 17.7 Å². The van der Waals surface area contributed by atoms with E-state index >= 15 is 0 Å². The van der Waals surface area contributed by atoms with Crippen LogP contribution in [0.5, 0.6) is 17.2 Å². The number of methoxy groups -OCH3 is 2. The first-order chi connectivity index (χ1) is 19.9. The van der Waals surface area contributed by atoms with E-state index in [9.17, 15) is 9.59 Å². The molecule has 1 heterocycles. The second-order valence-electron chi connectivity index (χ2n) is 10.5. The number of hydrogen-bond donors (Lipinski definition) is 0. The Bertz CT molecular complexity index is 1040. The third kappa shape index (κ3) is 13.6. The number of carbonyl (C=O) groups is 2. The lowest BCUT2D eigenvalue weighted by Gasteiger charge is -2.19. The molecule has 0 N–H and O–H groups in total. The fraction of sp³-hybridized carbons (Fsp3) is 0.606. The third-order valence-electron chi connectivity index (χ3n) is 7.21. The monoisotopic (exact) mass is 698 g/mol. The third-order valence-corrected chi connectivity index (χ3v) is 7.21. The Balaban J connectivity index is 0.00000882. The Morgan fingerprint density at radius 3 is 1.88 bits per heavy atom. The van der Waals surface area contributed by atoms with Crippen molar-refractivity contribution < 1.29 is 57.1 Å². The Kier molecular flexibility index (Phi) is 19.7. The first-order valence-electron chi connectivity index (χ1n) is 15.2. The lowest BCUT2D eigenvalue weighted by Crippen LogP contribution is -3.00. The molecule has 0 aliphatic rings. The van der Waals surface area contributed by atoms with Crippen molar-refractivity contribution in [3.63, 3.8) is 0 Å². The number of halogens is 1. The molecule has 1 aromatic carbocycles.